The monoisotopic (exact) mass is 297 g/mol. The number of carboxylic acids is 1. The summed E-state index contributed by atoms with van der Waals surface area (Å²) in [6.07, 6.45) is 0.942. The minimum atomic E-state index is -0.845. The van der Waals surface area contributed by atoms with Gasteiger partial charge in [-0.2, -0.15) is 0 Å². The van der Waals surface area contributed by atoms with E-state index in [0.29, 0.717) is 18.4 Å². The van der Waals surface area contributed by atoms with Crippen molar-refractivity contribution < 1.29 is 23.5 Å². The number of carbonyl (C=O) groups is 2. The first-order valence-electron chi connectivity index (χ1n) is 6.84. The minimum Gasteiger partial charge on any atom is -0.481 e. The fourth-order valence-corrected chi connectivity index (χ4v) is 2.51. The summed E-state index contributed by atoms with van der Waals surface area (Å²) in [5.74, 6) is -3.17. The Morgan fingerprint density at radius 1 is 1.38 bits per heavy atom. The summed E-state index contributed by atoms with van der Waals surface area (Å²) < 4.78 is 26.4. The molecular formula is C15H17F2NO3. The quantitative estimate of drug-likeness (QED) is 0.877. The van der Waals surface area contributed by atoms with Gasteiger partial charge >= 0.3 is 5.97 Å². The van der Waals surface area contributed by atoms with E-state index in [2.05, 4.69) is 5.32 Å². The van der Waals surface area contributed by atoms with Crippen molar-refractivity contribution in [3.63, 3.8) is 0 Å². The van der Waals surface area contributed by atoms with Crippen LogP contribution in [0.4, 0.5) is 8.78 Å². The van der Waals surface area contributed by atoms with E-state index < -0.39 is 17.6 Å². The van der Waals surface area contributed by atoms with Gasteiger partial charge in [-0.05, 0) is 30.4 Å². The summed E-state index contributed by atoms with van der Waals surface area (Å²) in [4.78, 5) is 22.5. The molecule has 1 amide bonds. The standard InChI is InChI=1S/C15H17F2NO3/c1-8(12-3-2-10(16)7-13(12)17)4-14(19)18-11-5-9(6-11)15(20)21/h2-3,7-9,11H,4-6H2,1H3,(H,18,19)(H,20,21). The summed E-state index contributed by atoms with van der Waals surface area (Å²) >= 11 is 0. The summed E-state index contributed by atoms with van der Waals surface area (Å²) in [6, 6.07) is 3.18. The Balaban J connectivity index is 1.84. The van der Waals surface area contributed by atoms with E-state index in [9.17, 15) is 18.4 Å². The lowest BCUT2D eigenvalue weighted by Gasteiger charge is -2.33. The van der Waals surface area contributed by atoms with Crippen molar-refractivity contribution >= 4 is 11.9 Å². The number of carboxylic acid groups (broad SMARTS) is 1. The second-order valence-corrected chi connectivity index (χ2v) is 5.54. The number of nitrogens with one attached hydrogen (secondary N) is 1. The van der Waals surface area contributed by atoms with E-state index >= 15 is 0 Å². The van der Waals surface area contributed by atoms with Gasteiger partial charge in [0.1, 0.15) is 11.6 Å². The Bertz CT molecular complexity index is 556. The molecule has 4 nitrogen and oxygen atoms in total. The molecule has 0 saturated heterocycles. The van der Waals surface area contributed by atoms with Gasteiger partial charge in [-0.25, -0.2) is 8.78 Å². The molecule has 0 spiro atoms. The summed E-state index contributed by atoms with van der Waals surface area (Å²) in [5, 5.41) is 11.5. The van der Waals surface area contributed by atoms with Crippen LogP contribution in [0, 0.1) is 17.6 Å². The molecule has 1 fully saturated rings. The maximum Gasteiger partial charge on any atom is 0.306 e. The predicted octanol–water partition coefficient (Wildman–Crippen LogP) is 2.44. The lowest BCUT2D eigenvalue weighted by atomic mass is 9.80. The number of carbonyl (C=O) groups excluding carboxylic acids is 1. The average molecular weight is 297 g/mol. The summed E-state index contributed by atoms with van der Waals surface area (Å²) in [5.41, 5.74) is 0.295. The molecule has 0 aliphatic heterocycles. The lowest BCUT2D eigenvalue weighted by Crippen LogP contribution is -2.46. The third-order valence-corrected chi connectivity index (χ3v) is 3.84. The van der Waals surface area contributed by atoms with Crippen LogP contribution in [0.25, 0.3) is 0 Å². The van der Waals surface area contributed by atoms with Gasteiger partial charge in [0, 0.05) is 18.5 Å². The maximum absolute atomic E-state index is 13.6. The van der Waals surface area contributed by atoms with Gasteiger partial charge in [0.2, 0.25) is 5.91 Å². The molecule has 0 bridgehead atoms. The number of amides is 1. The zero-order chi connectivity index (χ0) is 15.6. The first-order valence-corrected chi connectivity index (χ1v) is 6.84. The molecule has 114 valence electrons. The fourth-order valence-electron chi connectivity index (χ4n) is 2.51. The van der Waals surface area contributed by atoms with Crippen LogP contribution < -0.4 is 5.32 Å². The molecule has 1 aromatic carbocycles. The molecule has 6 heteroatoms. The normalized spacial score (nSPS) is 22.2. The maximum atomic E-state index is 13.6. The van der Waals surface area contributed by atoms with Crippen molar-refractivity contribution in [1.82, 2.24) is 5.32 Å². The highest BCUT2D eigenvalue weighted by atomic mass is 19.1. The number of benzene rings is 1. The average Bonchev–Trinajstić information content (AvgIpc) is 2.32. The number of hydrogen-bond acceptors (Lipinski definition) is 2. The van der Waals surface area contributed by atoms with E-state index in [1.165, 1.54) is 6.07 Å². The Hall–Kier alpha value is -1.98. The first-order chi connectivity index (χ1) is 9.86. The third kappa shape index (κ3) is 3.77. The summed E-state index contributed by atoms with van der Waals surface area (Å²) in [6.45, 7) is 1.69. The van der Waals surface area contributed by atoms with Crippen molar-refractivity contribution in [2.45, 2.75) is 38.1 Å². The molecule has 0 aromatic heterocycles. The van der Waals surface area contributed by atoms with E-state index in [0.717, 1.165) is 12.1 Å². The number of hydrogen-bond donors (Lipinski definition) is 2. The molecule has 1 aliphatic carbocycles. The van der Waals surface area contributed by atoms with Crippen LogP contribution in [0.1, 0.15) is 37.7 Å². The van der Waals surface area contributed by atoms with Crippen molar-refractivity contribution in [2.75, 3.05) is 0 Å². The predicted molar refractivity (Wildman–Crippen MR) is 71.7 cm³/mol. The van der Waals surface area contributed by atoms with Crippen LogP contribution in [-0.4, -0.2) is 23.0 Å². The van der Waals surface area contributed by atoms with Gasteiger partial charge < -0.3 is 10.4 Å². The topological polar surface area (TPSA) is 66.4 Å². The lowest BCUT2D eigenvalue weighted by molar-refractivity contribution is -0.146. The highest BCUT2D eigenvalue weighted by Gasteiger charge is 2.35. The van der Waals surface area contributed by atoms with Crippen LogP contribution in [0.5, 0.6) is 0 Å². The molecule has 1 unspecified atom stereocenters. The summed E-state index contributed by atoms with van der Waals surface area (Å²) in [7, 11) is 0. The fraction of sp³-hybridized carbons (Fsp3) is 0.467. The highest BCUT2D eigenvalue weighted by Crippen LogP contribution is 2.28. The zero-order valence-corrected chi connectivity index (χ0v) is 11.6. The van der Waals surface area contributed by atoms with E-state index in [1.807, 2.05) is 0 Å². The molecule has 1 aromatic rings. The Morgan fingerprint density at radius 3 is 2.62 bits per heavy atom. The highest BCUT2D eigenvalue weighted by molar-refractivity contribution is 5.78. The molecule has 1 saturated carbocycles. The molecule has 21 heavy (non-hydrogen) atoms. The Kier molecular flexibility index (Phi) is 4.55. The van der Waals surface area contributed by atoms with Gasteiger partial charge in [0.15, 0.2) is 0 Å². The van der Waals surface area contributed by atoms with Gasteiger partial charge in [-0.1, -0.05) is 13.0 Å². The smallest absolute Gasteiger partial charge is 0.306 e. The molecule has 2 N–H and O–H groups in total. The molecule has 0 radical (unpaired) electrons. The van der Waals surface area contributed by atoms with Crippen LogP contribution in [0.15, 0.2) is 18.2 Å². The number of aliphatic carboxylic acids is 1. The molecule has 0 heterocycles. The largest absolute Gasteiger partial charge is 0.481 e. The van der Waals surface area contributed by atoms with E-state index in [-0.39, 0.29) is 30.2 Å². The van der Waals surface area contributed by atoms with Gasteiger partial charge in [-0.3, -0.25) is 9.59 Å². The SMILES string of the molecule is CC(CC(=O)NC1CC(C(=O)O)C1)c1ccc(F)cc1F. The van der Waals surface area contributed by atoms with Gasteiger partial charge in [0.25, 0.3) is 0 Å². The Labute approximate surface area is 121 Å². The van der Waals surface area contributed by atoms with Crippen molar-refractivity contribution in [3.8, 4) is 0 Å². The van der Waals surface area contributed by atoms with Crippen molar-refractivity contribution in [3.05, 3.63) is 35.4 Å². The first kappa shape index (κ1) is 15.4. The van der Waals surface area contributed by atoms with Crippen molar-refractivity contribution in [1.29, 1.82) is 0 Å². The van der Waals surface area contributed by atoms with E-state index in [1.54, 1.807) is 6.92 Å². The minimum absolute atomic E-state index is 0.0801. The van der Waals surface area contributed by atoms with Crippen LogP contribution >= 0.6 is 0 Å². The zero-order valence-electron chi connectivity index (χ0n) is 11.6. The second kappa shape index (κ2) is 6.20. The van der Waals surface area contributed by atoms with Crippen LogP contribution in [0.3, 0.4) is 0 Å². The third-order valence-electron chi connectivity index (χ3n) is 3.84. The molecular weight excluding hydrogens is 280 g/mol. The van der Waals surface area contributed by atoms with Crippen LogP contribution in [-0.2, 0) is 9.59 Å². The molecule has 1 aliphatic rings. The number of halogens is 2. The molecule has 1 atom stereocenters. The second-order valence-electron chi connectivity index (χ2n) is 5.54. The van der Waals surface area contributed by atoms with Gasteiger partial charge in [0.05, 0.1) is 5.92 Å². The van der Waals surface area contributed by atoms with Gasteiger partial charge in [-0.15, -0.1) is 0 Å². The Morgan fingerprint density at radius 2 is 2.05 bits per heavy atom. The van der Waals surface area contributed by atoms with Crippen molar-refractivity contribution in [2.24, 2.45) is 5.92 Å². The number of rotatable bonds is 5. The van der Waals surface area contributed by atoms with Crippen LogP contribution in [0.2, 0.25) is 0 Å². The van der Waals surface area contributed by atoms with E-state index in [4.69, 9.17) is 5.11 Å². The molecule has 2 rings (SSSR count).